The zero-order valence-electron chi connectivity index (χ0n) is 22.3. The Morgan fingerprint density at radius 3 is 2.66 bits per heavy atom. The van der Waals surface area contributed by atoms with Crippen molar-refractivity contribution in [1.82, 2.24) is 15.3 Å². The Kier molecular flexibility index (Phi) is 5.84. The maximum absolute atomic E-state index is 14.3. The molecular formula is C32H35N3O3. The zero-order chi connectivity index (χ0) is 26.8. The molecule has 196 valence electrons. The van der Waals surface area contributed by atoms with Gasteiger partial charge >= 0.3 is 0 Å². The third kappa shape index (κ3) is 3.50. The molecule has 0 radical (unpaired) electrons. The maximum atomic E-state index is 14.3. The van der Waals surface area contributed by atoms with Gasteiger partial charge in [0, 0.05) is 40.7 Å². The van der Waals surface area contributed by atoms with Gasteiger partial charge in [-0.05, 0) is 74.4 Å². The van der Waals surface area contributed by atoms with Gasteiger partial charge in [-0.15, -0.1) is 0 Å². The molecule has 2 aromatic heterocycles. The number of amides is 1. The number of carbonyl (C=O) groups excluding carboxylic acids is 2. The minimum Gasteiger partial charge on any atom is -0.388 e. The van der Waals surface area contributed by atoms with Gasteiger partial charge in [0.05, 0.1) is 11.8 Å². The molecular weight excluding hydrogens is 474 g/mol. The number of hydrogen-bond donors (Lipinski definition) is 4. The molecule has 2 aliphatic heterocycles. The van der Waals surface area contributed by atoms with Crippen LogP contribution in [0.15, 0.2) is 77.5 Å². The second-order valence-corrected chi connectivity index (χ2v) is 11.4. The maximum Gasteiger partial charge on any atom is 0.233 e. The van der Waals surface area contributed by atoms with E-state index in [0.29, 0.717) is 23.4 Å². The molecule has 6 atom stereocenters. The number of aromatic nitrogens is 2. The van der Waals surface area contributed by atoms with Gasteiger partial charge < -0.3 is 20.4 Å². The summed E-state index contributed by atoms with van der Waals surface area (Å²) in [7, 11) is 0. The predicted octanol–water partition coefficient (Wildman–Crippen LogP) is 5.14. The van der Waals surface area contributed by atoms with Crippen LogP contribution in [0.25, 0.3) is 10.9 Å². The number of H-pyrrole nitrogens is 2. The lowest BCUT2D eigenvalue weighted by Gasteiger charge is -2.46. The van der Waals surface area contributed by atoms with Crippen LogP contribution in [-0.2, 0) is 16.6 Å². The number of benzene rings is 1. The second kappa shape index (κ2) is 8.98. The molecule has 1 aromatic carbocycles. The molecule has 2 bridgehead atoms. The number of aromatic amines is 2. The van der Waals surface area contributed by atoms with E-state index in [1.54, 1.807) is 6.07 Å². The van der Waals surface area contributed by atoms with Crippen molar-refractivity contribution in [2.75, 3.05) is 0 Å². The molecule has 1 fully saturated rings. The van der Waals surface area contributed by atoms with Crippen LogP contribution in [0.5, 0.6) is 0 Å². The van der Waals surface area contributed by atoms with E-state index in [2.05, 4.69) is 40.4 Å². The Morgan fingerprint density at radius 2 is 1.84 bits per heavy atom. The highest BCUT2D eigenvalue weighted by Crippen LogP contribution is 2.55. The summed E-state index contributed by atoms with van der Waals surface area (Å²) in [6.45, 7) is 7.96. The number of fused-ring (bicyclic) bond motifs is 3. The minimum absolute atomic E-state index is 0.0642. The van der Waals surface area contributed by atoms with Crippen LogP contribution in [0, 0.1) is 17.8 Å². The number of aliphatic hydroxyl groups excluding tert-OH is 1. The fraction of sp³-hybridized carbons (Fsp3) is 0.375. The lowest BCUT2D eigenvalue weighted by Crippen LogP contribution is -2.54. The van der Waals surface area contributed by atoms with Gasteiger partial charge in [0.1, 0.15) is 5.41 Å². The van der Waals surface area contributed by atoms with Crippen LogP contribution in [0.4, 0.5) is 0 Å². The van der Waals surface area contributed by atoms with Crippen LogP contribution in [0.3, 0.4) is 0 Å². The molecule has 3 aliphatic rings. The van der Waals surface area contributed by atoms with E-state index in [9.17, 15) is 14.7 Å². The van der Waals surface area contributed by atoms with Crippen LogP contribution >= 0.6 is 0 Å². The van der Waals surface area contributed by atoms with Gasteiger partial charge in [0.15, 0.2) is 0 Å². The van der Waals surface area contributed by atoms with Gasteiger partial charge in [0.25, 0.3) is 0 Å². The van der Waals surface area contributed by atoms with E-state index < -0.39 is 17.4 Å². The molecule has 1 unspecified atom stereocenters. The van der Waals surface area contributed by atoms with E-state index in [0.717, 1.165) is 34.0 Å². The summed E-state index contributed by atoms with van der Waals surface area (Å²) in [6.07, 6.45) is 8.73. The average Bonchev–Trinajstić information content (AvgIpc) is 3.61. The Balaban J connectivity index is 1.54. The summed E-state index contributed by atoms with van der Waals surface area (Å²) in [6, 6.07) is 11.7. The number of carbonyl (C=O) groups is 2. The quantitative estimate of drug-likeness (QED) is 0.360. The second-order valence-electron chi connectivity index (χ2n) is 11.4. The van der Waals surface area contributed by atoms with Crippen molar-refractivity contribution in [3.05, 3.63) is 94.5 Å². The van der Waals surface area contributed by atoms with Crippen LogP contribution in [-0.4, -0.2) is 38.9 Å². The van der Waals surface area contributed by atoms with Gasteiger partial charge in [-0.2, -0.15) is 0 Å². The van der Waals surface area contributed by atoms with Gasteiger partial charge in [-0.1, -0.05) is 48.9 Å². The molecule has 4 N–H and O–H groups in total. The average molecular weight is 510 g/mol. The molecule has 6 heteroatoms. The Labute approximate surface area is 222 Å². The van der Waals surface area contributed by atoms with Crippen molar-refractivity contribution in [2.24, 2.45) is 17.8 Å². The minimum atomic E-state index is -1.06. The first kappa shape index (κ1) is 24.7. The number of Topliss-reactive ketones (excluding diaryl/α,β-unsaturated/α-hetero) is 1. The van der Waals surface area contributed by atoms with Gasteiger partial charge in [0.2, 0.25) is 11.7 Å². The molecule has 6 rings (SSSR count). The van der Waals surface area contributed by atoms with Crippen LogP contribution < -0.4 is 5.32 Å². The fourth-order valence-corrected chi connectivity index (χ4v) is 7.25. The van der Waals surface area contributed by atoms with Crippen molar-refractivity contribution in [1.29, 1.82) is 0 Å². The monoisotopic (exact) mass is 509 g/mol. The molecule has 6 nitrogen and oxygen atoms in total. The van der Waals surface area contributed by atoms with E-state index in [-0.39, 0.29) is 29.6 Å². The van der Waals surface area contributed by atoms with Crippen molar-refractivity contribution in [3.63, 3.8) is 0 Å². The van der Waals surface area contributed by atoms with Gasteiger partial charge in [-0.3, -0.25) is 9.59 Å². The topological polar surface area (TPSA) is 98.0 Å². The SMILES string of the molecule is CC1=C(C)[C@@H](O)[C@@H]2/C=C/C[C@H](C)/C=C(\C)C(=O)c3ccc([nH]3)[C@]23C(=O)N[C@@H](Cc2c[nH]c4ccccc24)C13. The first-order chi connectivity index (χ1) is 18.2. The smallest absolute Gasteiger partial charge is 0.233 e. The van der Waals surface area contributed by atoms with E-state index in [1.165, 1.54) is 0 Å². The molecule has 1 amide bonds. The number of ketones is 1. The Hall–Kier alpha value is -3.64. The molecule has 0 saturated carbocycles. The standard InChI is InChI=1S/C32H35N3O3/c1-17-8-7-10-23-30(37)20(4)19(3)28-26(15-21-16-33-24-11-6-5-9-22(21)24)35-31(38)32(23,28)27-13-12-25(34-27)29(36)18(2)14-17/h5-7,9-14,16-17,23,26,28,30,33-34,37H,8,15H2,1-4H3,(H,35,38)/b10-7+,18-14+/t17-,23-,26-,28?,30+,32+/m0/s1. The molecule has 3 aromatic rings. The highest BCUT2D eigenvalue weighted by Gasteiger charge is 2.64. The third-order valence-electron chi connectivity index (χ3n) is 9.22. The third-order valence-corrected chi connectivity index (χ3v) is 9.22. The lowest BCUT2D eigenvalue weighted by molar-refractivity contribution is -0.127. The van der Waals surface area contributed by atoms with E-state index >= 15 is 0 Å². The van der Waals surface area contributed by atoms with Crippen molar-refractivity contribution in [3.8, 4) is 0 Å². The summed E-state index contributed by atoms with van der Waals surface area (Å²) in [5.41, 5.74) is 4.96. The first-order valence-electron chi connectivity index (χ1n) is 13.5. The summed E-state index contributed by atoms with van der Waals surface area (Å²) in [5.74, 6) is -0.679. The van der Waals surface area contributed by atoms with Crippen molar-refractivity contribution < 1.29 is 14.7 Å². The normalized spacial score (nSPS) is 33.6. The van der Waals surface area contributed by atoms with Crippen molar-refractivity contribution in [2.45, 2.75) is 58.1 Å². The zero-order valence-corrected chi connectivity index (χ0v) is 22.3. The number of aliphatic hydroxyl groups is 1. The number of nitrogens with one attached hydrogen (secondary N) is 3. The summed E-state index contributed by atoms with van der Waals surface area (Å²) in [5, 5.41) is 16.1. The van der Waals surface area contributed by atoms with E-state index in [4.69, 9.17) is 0 Å². The van der Waals surface area contributed by atoms with Crippen LogP contribution in [0.2, 0.25) is 0 Å². The van der Waals surface area contributed by atoms with Gasteiger partial charge in [-0.25, -0.2) is 0 Å². The predicted molar refractivity (Wildman–Crippen MR) is 149 cm³/mol. The molecule has 1 spiro atoms. The number of allylic oxidation sites excluding steroid dienone is 3. The summed E-state index contributed by atoms with van der Waals surface area (Å²) < 4.78 is 0. The van der Waals surface area contributed by atoms with Crippen LogP contribution in [0.1, 0.15) is 55.9 Å². The molecule has 38 heavy (non-hydrogen) atoms. The summed E-state index contributed by atoms with van der Waals surface area (Å²) in [4.78, 5) is 34.3. The number of para-hydroxylation sites is 1. The lowest BCUT2D eigenvalue weighted by atomic mass is 9.55. The number of hydrogen-bond acceptors (Lipinski definition) is 3. The Morgan fingerprint density at radius 1 is 1.05 bits per heavy atom. The number of rotatable bonds is 2. The highest BCUT2D eigenvalue weighted by atomic mass is 16.3. The largest absolute Gasteiger partial charge is 0.388 e. The molecule has 4 heterocycles. The highest BCUT2D eigenvalue weighted by molar-refractivity contribution is 6.07. The Bertz CT molecular complexity index is 1540. The van der Waals surface area contributed by atoms with Crippen molar-refractivity contribution >= 4 is 22.6 Å². The van der Waals surface area contributed by atoms with E-state index in [1.807, 2.05) is 57.3 Å². The fourth-order valence-electron chi connectivity index (χ4n) is 7.25. The first-order valence-corrected chi connectivity index (χ1v) is 13.5. The summed E-state index contributed by atoms with van der Waals surface area (Å²) >= 11 is 0. The molecule has 1 aliphatic carbocycles. The molecule has 1 saturated heterocycles.